The average molecular weight is 271 g/mol. The standard InChI is InChI=1S/C17H38Si/c1-4-6-8-10-12-14-16-18(3)17-15-13-11-9-7-5-2/h18H,4-17H2,1-3H3. The third-order valence-corrected chi connectivity index (χ3v) is 6.89. The highest BCUT2D eigenvalue weighted by atomic mass is 28.3. The molecule has 0 aliphatic heterocycles. The lowest BCUT2D eigenvalue weighted by Gasteiger charge is -2.09. The van der Waals surface area contributed by atoms with Gasteiger partial charge in [-0.25, -0.2) is 0 Å². The van der Waals surface area contributed by atoms with Gasteiger partial charge in [0.25, 0.3) is 0 Å². The van der Waals surface area contributed by atoms with Crippen LogP contribution in [0.5, 0.6) is 0 Å². The Bertz CT molecular complexity index is 129. The lowest BCUT2D eigenvalue weighted by atomic mass is 10.1. The highest BCUT2D eigenvalue weighted by molar-refractivity contribution is 6.57. The van der Waals surface area contributed by atoms with Crippen molar-refractivity contribution in [3.05, 3.63) is 0 Å². The monoisotopic (exact) mass is 270 g/mol. The molecular formula is C17H38Si. The molecule has 0 aromatic heterocycles. The van der Waals surface area contributed by atoms with Crippen molar-refractivity contribution in [2.24, 2.45) is 0 Å². The Morgan fingerprint density at radius 2 is 0.833 bits per heavy atom. The van der Waals surface area contributed by atoms with E-state index in [1.165, 1.54) is 77.0 Å². The van der Waals surface area contributed by atoms with E-state index in [-0.39, 0.29) is 8.80 Å². The van der Waals surface area contributed by atoms with Crippen LogP contribution >= 0.6 is 0 Å². The van der Waals surface area contributed by atoms with Gasteiger partial charge in [-0.15, -0.1) is 0 Å². The summed E-state index contributed by atoms with van der Waals surface area (Å²) in [5.74, 6) is 0. The maximum absolute atomic E-state index is 2.60. The summed E-state index contributed by atoms with van der Waals surface area (Å²) in [4.78, 5) is 0. The van der Waals surface area contributed by atoms with E-state index in [4.69, 9.17) is 0 Å². The summed E-state index contributed by atoms with van der Waals surface area (Å²) in [5.41, 5.74) is 0. The first-order chi connectivity index (χ1) is 8.81. The Labute approximate surface area is 119 Å². The quantitative estimate of drug-likeness (QED) is 0.247. The van der Waals surface area contributed by atoms with Crippen molar-refractivity contribution < 1.29 is 0 Å². The Balaban J connectivity index is 3.10. The molecular weight excluding hydrogens is 232 g/mol. The molecule has 0 saturated heterocycles. The Hall–Kier alpha value is 0.217. The molecule has 0 heterocycles. The smallest absolute Gasteiger partial charge is 0.0336 e. The summed E-state index contributed by atoms with van der Waals surface area (Å²) in [7, 11) is -0.320. The van der Waals surface area contributed by atoms with E-state index in [1.54, 1.807) is 12.1 Å². The first-order valence-electron chi connectivity index (χ1n) is 8.81. The molecule has 0 spiro atoms. The largest absolute Gasteiger partial charge is 0.0720 e. The topological polar surface area (TPSA) is 0 Å². The van der Waals surface area contributed by atoms with Gasteiger partial charge in [0.2, 0.25) is 0 Å². The Morgan fingerprint density at radius 3 is 1.22 bits per heavy atom. The van der Waals surface area contributed by atoms with Crippen molar-refractivity contribution in [3.8, 4) is 0 Å². The van der Waals surface area contributed by atoms with Crippen LogP contribution < -0.4 is 0 Å². The Morgan fingerprint density at radius 1 is 0.500 bits per heavy atom. The summed E-state index contributed by atoms with van der Waals surface area (Å²) < 4.78 is 0. The van der Waals surface area contributed by atoms with Crippen LogP contribution in [0.3, 0.4) is 0 Å². The van der Waals surface area contributed by atoms with Crippen LogP contribution in [0, 0.1) is 0 Å². The van der Waals surface area contributed by atoms with Crippen molar-refractivity contribution in [3.63, 3.8) is 0 Å². The molecule has 0 N–H and O–H groups in total. The maximum atomic E-state index is 2.60. The van der Waals surface area contributed by atoms with E-state index in [2.05, 4.69) is 20.4 Å². The molecule has 0 amide bonds. The molecule has 0 aromatic carbocycles. The normalized spacial score (nSPS) is 11.3. The van der Waals surface area contributed by atoms with Gasteiger partial charge >= 0.3 is 0 Å². The number of rotatable bonds is 14. The van der Waals surface area contributed by atoms with Crippen LogP contribution in [0.4, 0.5) is 0 Å². The number of hydrogen-bond acceptors (Lipinski definition) is 0. The van der Waals surface area contributed by atoms with Crippen LogP contribution in [0.1, 0.15) is 90.9 Å². The fraction of sp³-hybridized carbons (Fsp3) is 1.00. The van der Waals surface area contributed by atoms with Gasteiger partial charge in [0, 0.05) is 8.80 Å². The molecule has 1 heteroatoms. The van der Waals surface area contributed by atoms with Crippen molar-refractivity contribution in [2.75, 3.05) is 0 Å². The predicted molar refractivity (Wildman–Crippen MR) is 89.4 cm³/mol. The number of unbranched alkanes of at least 4 members (excludes halogenated alkanes) is 10. The molecule has 110 valence electrons. The molecule has 0 fully saturated rings. The van der Waals surface area contributed by atoms with Gasteiger partial charge in [-0.05, 0) is 0 Å². The maximum Gasteiger partial charge on any atom is 0.0336 e. The lowest BCUT2D eigenvalue weighted by molar-refractivity contribution is 0.617. The molecule has 0 aliphatic rings. The van der Waals surface area contributed by atoms with Crippen LogP contribution in [0.2, 0.25) is 18.6 Å². The fourth-order valence-electron chi connectivity index (χ4n) is 2.69. The van der Waals surface area contributed by atoms with Crippen molar-refractivity contribution in [1.82, 2.24) is 0 Å². The minimum Gasteiger partial charge on any atom is -0.0720 e. The van der Waals surface area contributed by atoms with Gasteiger partial charge in [0.15, 0.2) is 0 Å². The summed E-state index contributed by atoms with van der Waals surface area (Å²) in [6.07, 6.45) is 17.7. The van der Waals surface area contributed by atoms with Crippen molar-refractivity contribution >= 4 is 8.80 Å². The molecule has 0 saturated carbocycles. The molecule has 0 rings (SSSR count). The van der Waals surface area contributed by atoms with E-state index in [1.807, 2.05) is 0 Å². The third kappa shape index (κ3) is 14.3. The van der Waals surface area contributed by atoms with Gasteiger partial charge in [-0.3, -0.25) is 0 Å². The average Bonchev–Trinajstić information content (AvgIpc) is 2.38. The first-order valence-corrected chi connectivity index (χ1v) is 11.6. The molecule has 0 nitrogen and oxygen atoms in total. The van der Waals surface area contributed by atoms with Crippen LogP contribution in [-0.2, 0) is 0 Å². The fourth-order valence-corrected chi connectivity index (χ4v) is 4.95. The van der Waals surface area contributed by atoms with E-state index >= 15 is 0 Å². The summed E-state index contributed by atoms with van der Waals surface area (Å²) in [6, 6.07) is 3.22. The molecule has 0 bridgehead atoms. The first kappa shape index (κ1) is 18.2. The second kappa shape index (κ2) is 15.3. The molecule has 0 aromatic rings. The second-order valence-corrected chi connectivity index (χ2v) is 9.58. The SMILES string of the molecule is CCCCCCCC[SiH](C)CCCCCCCC. The molecule has 0 unspecified atom stereocenters. The zero-order valence-corrected chi connectivity index (χ0v) is 14.6. The predicted octanol–water partition coefficient (Wildman–Crippen LogP) is 6.56. The molecule has 0 aliphatic carbocycles. The van der Waals surface area contributed by atoms with E-state index in [0.717, 1.165) is 0 Å². The van der Waals surface area contributed by atoms with Gasteiger partial charge < -0.3 is 0 Å². The van der Waals surface area contributed by atoms with Crippen molar-refractivity contribution in [2.45, 2.75) is 110 Å². The highest BCUT2D eigenvalue weighted by Gasteiger charge is 2.03. The Kier molecular flexibility index (Phi) is 15.5. The van der Waals surface area contributed by atoms with E-state index in [0.29, 0.717) is 0 Å². The second-order valence-electron chi connectivity index (χ2n) is 6.22. The van der Waals surface area contributed by atoms with Crippen LogP contribution in [0.15, 0.2) is 0 Å². The molecule has 0 atom stereocenters. The summed E-state index contributed by atoms with van der Waals surface area (Å²) >= 11 is 0. The molecule has 0 radical (unpaired) electrons. The van der Waals surface area contributed by atoms with E-state index < -0.39 is 0 Å². The highest BCUT2D eigenvalue weighted by Crippen LogP contribution is 2.14. The van der Waals surface area contributed by atoms with Gasteiger partial charge in [-0.1, -0.05) is 110 Å². The zero-order valence-electron chi connectivity index (χ0n) is 13.5. The lowest BCUT2D eigenvalue weighted by Crippen LogP contribution is -2.05. The van der Waals surface area contributed by atoms with Crippen LogP contribution in [0.25, 0.3) is 0 Å². The molecule has 18 heavy (non-hydrogen) atoms. The summed E-state index contributed by atoms with van der Waals surface area (Å²) in [6.45, 7) is 7.20. The summed E-state index contributed by atoms with van der Waals surface area (Å²) in [5, 5.41) is 0. The van der Waals surface area contributed by atoms with Gasteiger partial charge in [-0.2, -0.15) is 0 Å². The zero-order chi connectivity index (χ0) is 13.5. The minimum absolute atomic E-state index is 0.320. The minimum atomic E-state index is -0.320. The number of hydrogen-bond donors (Lipinski definition) is 0. The van der Waals surface area contributed by atoms with Gasteiger partial charge in [0.05, 0.1) is 0 Å². The van der Waals surface area contributed by atoms with Crippen molar-refractivity contribution in [1.29, 1.82) is 0 Å². The van der Waals surface area contributed by atoms with E-state index in [9.17, 15) is 0 Å². The van der Waals surface area contributed by atoms with Gasteiger partial charge in [0.1, 0.15) is 0 Å². The third-order valence-electron chi connectivity index (χ3n) is 4.10. The van der Waals surface area contributed by atoms with Crippen LogP contribution in [-0.4, -0.2) is 8.80 Å².